The molecular formula is C19H21NO3. The first-order valence-corrected chi connectivity index (χ1v) is 7.93. The number of hydrogen-bond donors (Lipinski definition) is 1. The van der Waals surface area contributed by atoms with Crippen LogP contribution >= 0.6 is 0 Å². The van der Waals surface area contributed by atoms with Crippen molar-refractivity contribution in [1.29, 1.82) is 0 Å². The summed E-state index contributed by atoms with van der Waals surface area (Å²) in [5.74, 6) is 1.65. The fourth-order valence-electron chi connectivity index (χ4n) is 2.71. The van der Waals surface area contributed by atoms with Crippen LogP contribution in [-0.2, 0) is 4.79 Å². The number of hydrogen-bond acceptors (Lipinski definition) is 3. The molecule has 0 saturated heterocycles. The normalized spacial score (nSPS) is 16.1. The lowest BCUT2D eigenvalue weighted by Crippen LogP contribution is -2.32. The Kier molecular flexibility index (Phi) is 4.81. The van der Waals surface area contributed by atoms with E-state index in [1.165, 1.54) is 5.56 Å². The quantitative estimate of drug-likeness (QED) is 0.920. The monoisotopic (exact) mass is 311 g/mol. The summed E-state index contributed by atoms with van der Waals surface area (Å²) >= 11 is 0. The highest BCUT2D eigenvalue weighted by molar-refractivity contribution is 5.76. The molecule has 2 aromatic carbocycles. The third-order valence-corrected chi connectivity index (χ3v) is 3.88. The van der Waals surface area contributed by atoms with Crippen LogP contribution in [0.5, 0.6) is 11.5 Å². The molecule has 1 unspecified atom stereocenters. The number of carbonyl (C=O) groups is 1. The van der Waals surface area contributed by atoms with Gasteiger partial charge in [-0.25, -0.2) is 0 Å². The minimum absolute atomic E-state index is 0.000266. The number of benzene rings is 2. The van der Waals surface area contributed by atoms with E-state index in [1.54, 1.807) is 0 Å². The van der Waals surface area contributed by atoms with Gasteiger partial charge in [0.2, 0.25) is 5.91 Å². The first-order chi connectivity index (χ1) is 11.2. The maximum Gasteiger partial charge on any atom is 0.223 e. The van der Waals surface area contributed by atoms with Gasteiger partial charge >= 0.3 is 0 Å². The molecule has 1 atom stereocenters. The van der Waals surface area contributed by atoms with Crippen LogP contribution in [0.4, 0.5) is 0 Å². The van der Waals surface area contributed by atoms with E-state index in [2.05, 4.69) is 11.4 Å². The van der Waals surface area contributed by atoms with E-state index in [-0.39, 0.29) is 11.9 Å². The summed E-state index contributed by atoms with van der Waals surface area (Å²) in [6.45, 7) is 3.04. The van der Waals surface area contributed by atoms with Gasteiger partial charge < -0.3 is 14.8 Å². The number of carbonyl (C=O) groups excluding carboxylic acids is 1. The van der Waals surface area contributed by atoms with Crippen molar-refractivity contribution in [3.05, 3.63) is 59.7 Å². The molecule has 4 nitrogen and oxygen atoms in total. The molecule has 1 N–H and O–H groups in total. The SMILES string of the molecule is Cc1ccc2c(c1)C(NC(=O)CCOc1ccccc1)CCO2. The molecule has 120 valence electrons. The molecule has 1 aliphatic rings. The molecule has 4 heteroatoms. The highest BCUT2D eigenvalue weighted by Gasteiger charge is 2.22. The van der Waals surface area contributed by atoms with Crippen molar-refractivity contribution in [2.75, 3.05) is 13.2 Å². The highest BCUT2D eigenvalue weighted by atomic mass is 16.5. The van der Waals surface area contributed by atoms with E-state index in [9.17, 15) is 4.79 Å². The molecule has 0 saturated carbocycles. The number of rotatable bonds is 5. The Morgan fingerprint density at radius 2 is 2.09 bits per heavy atom. The largest absolute Gasteiger partial charge is 0.493 e. The van der Waals surface area contributed by atoms with Crippen molar-refractivity contribution in [1.82, 2.24) is 5.32 Å². The topological polar surface area (TPSA) is 47.6 Å². The number of nitrogens with one attached hydrogen (secondary N) is 1. The molecule has 0 radical (unpaired) electrons. The lowest BCUT2D eigenvalue weighted by Gasteiger charge is -2.27. The summed E-state index contributed by atoms with van der Waals surface area (Å²) in [6, 6.07) is 15.6. The van der Waals surface area contributed by atoms with Crippen LogP contribution in [0.1, 0.15) is 30.0 Å². The molecule has 2 aromatic rings. The fourth-order valence-corrected chi connectivity index (χ4v) is 2.71. The van der Waals surface area contributed by atoms with Crippen molar-refractivity contribution in [3.63, 3.8) is 0 Å². The Morgan fingerprint density at radius 3 is 2.91 bits per heavy atom. The average molecular weight is 311 g/mol. The van der Waals surface area contributed by atoms with Crippen LogP contribution in [0, 0.1) is 6.92 Å². The number of amides is 1. The molecule has 0 spiro atoms. The molecule has 3 rings (SSSR count). The fraction of sp³-hybridized carbons (Fsp3) is 0.316. The second-order valence-electron chi connectivity index (χ2n) is 5.71. The molecular weight excluding hydrogens is 290 g/mol. The summed E-state index contributed by atoms with van der Waals surface area (Å²) < 4.78 is 11.2. The van der Waals surface area contributed by atoms with Gasteiger partial charge in [-0.1, -0.05) is 35.9 Å². The Labute approximate surface area is 136 Å². The van der Waals surface area contributed by atoms with Gasteiger partial charge in [0.05, 0.1) is 25.7 Å². The maximum absolute atomic E-state index is 12.2. The molecule has 0 bridgehead atoms. The summed E-state index contributed by atoms with van der Waals surface area (Å²) in [5.41, 5.74) is 2.23. The summed E-state index contributed by atoms with van der Waals surface area (Å²) in [4.78, 5) is 12.2. The van der Waals surface area contributed by atoms with Gasteiger partial charge in [-0.15, -0.1) is 0 Å². The third kappa shape index (κ3) is 4.03. The minimum atomic E-state index is 0.000266. The van der Waals surface area contributed by atoms with Gasteiger partial charge in [-0.3, -0.25) is 4.79 Å². The van der Waals surface area contributed by atoms with Gasteiger partial charge in [0, 0.05) is 12.0 Å². The van der Waals surface area contributed by atoms with E-state index >= 15 is 0 Å². The number of ether oxygens (including phenoxy) is 2. The van der Waals surface area contributed by atoms with Crippen LogP contribution in [0.15, 0.2) is 48.5 Å². The predicted molar refractivity (Wildman–Crippen MR) is 88.7 cm³/mol. The standard InChI is InChI=1S/C19H21NO3/c1-14-7-8-18-16(13-14)17(9-11-23-18)20-19(21)10-12-22-15-5-3-2-4-6-15/h2-8,13,17H,9-12H2,1H3,(H,20,21). The molecule has 0 aromatic heterocycles. The zero-order valence-electron chi connectivity index (χ0n) is 13.2. The van der Waals surface area contributed by atoms with Gasteiger partial charge in [0.15, 0.2) is 0 Å². The van der Waals surface area contributed by atoms with E-state index in [4.69, 9.17) is 9.47 Å². The Hall–Kier alpha value is -2.49. The summed E-state index contributed by atoms with van der Waals surface area (Å²) in [6.07, 6.45) is 1.13. The minimum Gasteiger partial charge on any atom is -0.493 e. The van der Waals surface area contributed by atoms with E-state index in [1.807, 2.05) is 49.4 Å². The van der Waals surface area contributed by atoms with Crippen molar-refractivity contribution in [2.24, 2.45) is 0 Å². The summed E-state index contributed by atoms with van der Waals surface area (Å²) in [7, 11) is 0. The van der Waals surface area contributed by atoms with Gasteiger partial charge in [-0.05, 0) is 25.1 Å². The van der Waals surface area contributed by atoms with E-state index in [0.717, 1.165) is 23.5 Å². The van der Waals surface area contributed by atoms with Crippen LogP contribution in [0.3, 0.4) is 0 Å². The smallest absolute Gasteiger partial charge is 0.223 e. The molecule has 1 amide bonds. The van der Waals surface area contributed by atoms with E-state index in [0.29, 0.717) is 19.6 Å². The Morgan fingerprint density at radius 1 is 1.26 bits per heavy atom. The predicted octanol–water partition coefficient (Wildman–Crippen LogP) is 3.40. The summed E-state index contributed by atoms with van der Waals surface area (Å²) in [5, 5.41) is 3.09. The van der Waals surface area contributed by atoms with E-state index < -0.39 is 0 Å². The number of aryl methyl sites for hydroxylation is 1. The molecule has 0 aliphatic carbocycles. The first kappa shape index (κ1) is 15.4. The Balaban J connectivity index is 1.54. The van der Waals surface area contributed by atoms with Crippen LogP contribution < -0.4 is 14.8 Å². The molecule has 0 fully saturated rings. The number of fused-ring (bicyclic) bond motifs is 1. The van der Waals surface area contributed by atoms with Crippen molar-refractivity contribution < 1.29 is 14.3 Å². The molecule has 23 heavy (non-hydrogen) atoms. The first-order valence-electron chi connectivity index (χ1n) is 7.93. The van der Waals surface area contributed by atoms with Gasteiger partial charge in [0.25, 0.3) is 0 Å². The van der Waals surface area contributed by atoms with Gasteiger partial charge in [-0.2, -0.15) is 0 Å². The third-order valence-electron chi connectivity index (χ3n) is 3.88. The van der Waals surface area contributed by atoms with Crippen LogP contribution in [-0.4, -0.2) is 19.1 Å². The molecule has 1 heterocycles. The second-order valence-corrected chi connectivity index (χ2v) is 5.71. The van der Waals surface area contributed by atoms with Crippen molar-refractivity contribution >= 4 is 5.91 Å². The van der Waals surface area contributed by atoms with Gasteiger partial charge in [0.1, 0.15) is 11.5 Å². The Bertz CT molecular complexity index is 670. The lowest BCUT2D eigenvalue weighted by atomic mass is 9.98. The zero-order chi connectivity index (χ0) is 16.1. The molecule has 1 aliphatic heterocycles. The highest BCUT2D eigenvalue weighted by Crippen LogP contribution is 2.32. The number of para-hydroxylation sites is 1. The van der Waals surface area contributed by atoms with Crippen molar-refractivity contribution in [2.45, 2.75) is 25.8 Å². The van der Waals surface area contributed by atoms with Crippen molar-refractivity contribution in [3.8, 4) is 11.5 Å². The zero-order valence-corrected chi connectivity index (χ0v) is 13.2. The van der Waals surface area contributed by atoms with Crippen LogP contribution in [0.25, 0.3) is 0 Å². The van der Waals surface area contributed by atoms with Crippen LogP contribution in [0.2, 0.25) is 0 Å². The second kappa shape index (κ2) is 7.18. The average Bonchev–Trinajstić information content (AvgIpc) is 2.56. The lowest BCUT2D eigenvalue weighted by molar-refractivity contribution is -0.122. The maximum atomic E-state index is 12.2.